The monoisotopic (exact) mass is 312 g/mol. The lowest BCUT2D eigenvalue weighted by molar-refractivity contribution is 0.597. The molecule has 1 heterocycles. The first-order chi connectivity index (χ1) is 9.36. The normalized spacial score (nSPS) is 12.9. The first-order valence-electron chi connectivity index (χ1n) is 5.73. The van der Waals surface area contributed by atoms with Gasteiger partial charge in [-0.2, -0.15) is 0 Å². The number of anilines is 1. The maximum absolute atomic E-state index is 11.3. The van der Waals surface area contributed by atoms with Gasteiger partial charge in [0.05, 0.1) is 23.3 Å². The van der Waals surface area contributed by atoms with Crippen molar-refractivity contribution in [1.82, 2.24) is 9.97 Å². The fourth-order valence-corrected chi connectivity index (χ4v) is 2.39. The number of rotatable bonds is 4. The van der Waals surface area contributed by atoms with Crippen LogP contribution in [0, 0.1) is 0 Å². The lowest BCUT2D eigenvalue weighted by Gasteiger charge is -2.15. The highest BCUT2D eigenvalue weighted by Gasteiger charge is 2.12. The van der Waals surface area contributed by atoms with E-state index in [9.17, 15) is 8.42 Å². The molecule has 0 radical (unpaired) electrons. The van der Waals surface area contributed by atoms with E-state index in [1.165, 1.54) is 24.5 Å². The standard InChI is InChI=1S/C12H13ClN4O2S/c1-8(16-12-7-15-6-11(13)17-12)9-3-2-4-10(5-9)20(14,18)19/h2-8H,1H3,(H,16,17)(H2,14,18,19)/t8-/m0/s1. The first-order valence-corrected chi connectivity index (χ1v) is 7.65. The number of nitrogens with one attached hydrogen (secondary N) is 1. The van der Waals surface area contributed by atoms with Crippen LogP contribution in [0.2, 0.25) is 5.15 Å². The second-order valence-electron chi connectivity index (χ2n) is 4.21. The Hall–Kier alpha value is -1.70. The van der Waals surface area contributed by atoms with E-state index in [1.807, 2.05) is 6.92 Å². The van der Waals surface area contributed by atoms with Gasteiger partial charge in [-0.05, 0) is 24.6 Å². The highest BCUT2D eigenvalue weighted by atomic mass is 35.5. The van der Waals surface area contributed by atoms with Crippen LogP contribution < -0.4 is 10.5 Å². The summed E-state index contributed by atoms with van der Waals surface area (Å²) in [5, 5.41) is 8.47. The molecule has 2 aromatic rings. The summed E-state index contributed by atoms with van der Waals surface area (Å²) in [7, 11) is -3.72. The average Bonchev–Trinajstić information content (AvgIpc) is 2.38. The van der Waals surface area contributed by atoms with Crippen LogP contribution in [0.5, 0.6) is 0 Å². The molecule has 2 rings (SSSR count). The first kappa shape index (κ1) is 14.7. The number of hydrogen-bond acceptors (Lipinski definition) is 5. The topological polar surface area (TPSA) is 98.0 Å². The van der Waals surface area contributed by atoms with Gasteiger partial charge in [-0.1, -0.05) is 23.7 Å². The minimum atomic E-state index is -3.72. The molecule has 0 spiro atoms. The Labute approximate surface area is 122 Å². The molecule has 6 nitrogen and oxygen atoms in total. The summed E-state index contributed by atoms with van der Waals surface area (Å²) in [5.74, 6) is 0.506. The van der Waals surface area contributed by atoms with Crippen LogP contribution in [0.25, 0.3) is 0 Å². The molecule has 0 aliphatic heterocycles. The molecule has 0 aliphatic rings. The van der Waals surface area contributed by atoms with E-state index in [1.54, 1.807) is 12.1 Å². The van der Waals surface area contributed by atoms with Crippen LogP contribution in [0.3, 0.4) is 0 Å². The zero-order chi connectivity index (χ0) is 14.8. The molecule has 0 saturated heterocycles. The molecule has 0 saturated carbocycles. The molecular weight excluding hydrogens is 300 g/mol. The smallest absolute Gasteiger partial charge is 0.238 e. The van der Waals surface area contributed by atoms with Crippen molar-refractivity contribution in [2.45, 2.75) is 17.9 Å². The van der Waals surface area contributed by atoms with Crippen LogP contribution in [-0.4, -0.2) is 18.4 Å². The summed E-state index contributed by atoms with van der Waals surface area (Å²) in [4.78, 5) is 8.04. The van der Waals surface area contributed by atoms with Crippen LogP contribution in [0.1, 0.15) is 18.5 Å². The lowest BCUT2D eigenvalue weighted by atomic mass is 10.1. The van der Waals surface area contributed by atoms with Crippen LogP contribution in [0.15, 0.2) is 41.6 Å². The van der Waals surface area contributed by atoms with E-state index in [0.717, 1.165) is 5.56 Å². The van der Waals surface area contributed by atoms with E-state index in [4.69, 9.17) is 16.7 Å². The van der Waals surface area contributed by atoms with Gasteiger partial charge < -0.3 is 5.32 Å². The van der Waals surface area contributed by atoms with E-state index in [-0.39, 0.29) is 16.1 Å². The van der Waals surface area contributed by atoms with Crippen molar-refractivity contribution in [1.29, 1.82) is 0 Å². The minimum absolute atomic E-state index is 0.0702. The zero-order valence-electron chi connectivity index (χ0n) is 10.6. The molecule has 1 aromatic carbocycles. The molecule has 1 atom stereocenters. The van der Waals surface area contributed by atoms with E-state index in [2.05, 4.69) is 15.3 Å². The average molecular weight is 313 g/mol. The molecule has 0 aliphatic carbocycles. The van der Waals surface area contributed by atoms with Crippen molar-refractivity contribution in [3.8, 4) is 0 Å². The molecule has 8 heteroatoms. The van der Waals surface area contributed by atoms with Crippen molar-refractivity contribution in [2.24, 2.45) is 5.14 Å². The molecule has 0 unspecified atom stereocenters. The minimum Gasteiger partial charge on any atom is -0.362 e. The fourth-order valence-electron chi connectivity index (χ4n) is 1.68. The van der Waals surface area contributed by atoms with Crippen molar-refractivity contribution < 1.29 is 8.42 Å². The number of benzene rings is 1. The van der Waals surface area contributed by atoms with Gasteiger partial charge >= 0.3 is 0 Å². The van der Waals surface area contributed by atoms with Crippen LogP contribution in [0.4, 0.5) is 5.82 Å². The highest BCUT2D eigenvalue weighted by molar-refractivity contribution is 7.89. The Morgan fingerprint density at radius 2 is 2.10 bits per heavy atom. The Balaban J connectivity index is 2.23. The van der Waals surface area contributed by atoms with E-state index >= 15 is 0 Å². The van der Waals surface area contributed by atoms with Crippen molar-refractivity contribution >= 4 is 27.4 Å². The van der Waals surface area contributed by atoms with Crippen molar-refractivity contribution in [3.05, 3.63) is 47.4 Å². The van der Waals surface area contributed by atoms with Gasteiger partial charge in [0.1, 0.15) is 11.0 Å². The summed E-state index contributed by atoms with van der Waals surface area (Å²) >= 11 is 5.75. The third kappa shape index (κ3) is 3.66. The van der Waals surface area contributed by atoms with Gasteiger partial charge in [-0.15, -0.1) is 0 Å². The van der Waals surface area contributed by atoms with E-state index < -0.39 is 10.0 Å². The molecule has 1 aromatic heterocycles. The molecule has 0 amide bonds. The number of halogens is 1. The molecule has 20 heavy (non-hydrogen) atoms. The SMILES string of the molecule is C[C@H](Nc1cncc(Cl)n1)c1cccc(S(N)(=O)=O)c1. The van der Waals surface area contributed by atoms with Gasteiger partial charge in [0.25, 0.3) is 0 Å². The third-order valence-corrected chi connectivity index (χ3v) is 3.75. The van der Waals surface area contributed by atoms with Crippen LogP contribution >= 0.6 is 11.6 Å². The summed E-state index contributed by atoms with van der Waals surface area (Å²) < 4.78 is 22.7. The van der Waals surface area contributed by atoms with Gasteiger partial charge in [-0.3, -0.25) is 4.98 Å². The summed E-state index contributed by atoms with van der Waals surface area (Å²) in [6.07, 6.45) is 2.96. The second kappa shape index (κ2) is 5.74. The van der Waals surface area contributed by atoms with Gasteiger partial charge in [-0.25, -0.2) is 18.5 Å². The maximum Gasteiger partial charge on any atom is 0.238 e. The molecule has 0 bridgehead atoms. The molecule has 106 valence electrons. The van der Waals surface area contributed by atoms with E-state index in [0.29, 0.717) is 5.82 Å². The second-order valence-corrected chi connectivity index (χ2v) is 6.16. The zero-order valence-corrected chi connectivity index (χ0v) is 12.2. The van der Waals surface area contributed by atoms with Crippen molar-refractivity contribution in [3.63, 3.8) is 0 Å². The number of primary sulfonamides is 1. The predicted molar refractivity (Wildman–Crippen MR) is 76.9 cm³/mol. The van der Waals surface area contributed by atoms with Crippen molar-refractivity contribution in [2.75, 3.05) is 5.32 Å². The molecular formula is C12H13ClN4O2S. The Morgan fingerprint density at radius 1 is 1.35 bits per heavy atom. The quantitative estimate of drug-likeness (QED) is 0.899. The van der Waals surface area contributed by atoms with Gasteiger partial charge in [0, 0.05) is 0 Å². The Morgan fingerprint density at radius 3 is 2.75 bits per heavy atom. The third-order valence-electron chi connectivity index (χ3n) is 2.66. The Kier molecular flexibility index (Phi) is 4.22. The molecule has 3 N–H and O–H groups in total. The lowest BCUT2D eigenvalue weighted by Crippen LogP contribution is -2.14. The largest absolute Gasteiger partial charge is 0.362 e. The van der Waals surface area contributed by atoms with Gasteiger partial charge in [0.2, 0.25) is 10.0 Å². The van der Waals surface area contributed by atoms with Gasteiger partial charge in [0.15, 0.2) is 0 Å². The summed E-state index contributed by atoms with van der Waals surface area (Å²) in [5.41, 5.74) is 0.762. The Bertz CT molecular complexity index is 721. The number of sulfonamides is 1. The fraction of sp³-hybridized carbons (Fsp3) is 0.167. The number of aromatic nitrogens is 2. The summed E-state index contributed by atoms with van der Waals surface area (Å²) in [6, 6.07) is 6.22. The summed E-state index contributed by atoms with van der Waals surface area (Å²) in [6.45, 7) is 1.87. The predicted octanol–water partition coefficient (Wildman–Crippen LogP) is 1.95. The number of hydrogen-bond donors (Lipinski definition) is 2. The highest BCUT2D eigenvalue weighted by Crippen LogP contribution is 2.20. The number of nitrogens with zero attached hydrogens (tertiary/aromatic N) is 2. The maximum atomic E-state index is 11.3. The number of nitrogens with two attached hydrogens (primary N) is 1. The van der Waals surface area contributed by atoms with Crippen LogP contribution in [-0.2, 0) is 10.0 Å². The molecule has 0 fully saturated rings.